The minimum atomic E-state index is -3.19. The summed E-state index contributed by atoms with van der Waals surface area (Å²) >= 11 is 0. The number of nitrogens with zero attached hydrogens (tertiary/aromatic N) is 1. The second kappa shape index (κ2) is 10.8. The number of aliphatic imine (C=N–C) groups is 1. The van der Waals surface area contributed by atoms with Gasteiger partial charge < -0.3 is 15.4 Å². The quantitative estimate of drug-likeness (QED) is 0.477. The number of hydrogen-bond acceptors (Lipinski definition) is 4. The van der Waals surface area contributed by atoms with Crippen molar-refractivity contribution in [1.82, 2.24) is 10.6 Å². The van der Waals surface area contributed by atoms with E-state index < -0.39 is 22.9 Å². The van der Waals surface area contributed by atoms with Gasteiger partial charge in [0.1, 0.15) is 12.4 Å². The van der Waals surface area contributed by atoms with Gasteiger partial charge in [-0.2, -0.15) is 0 Å². The minimum Gasteiger partial charge on any atom is -0.488 e. The van der Waals surface area contributed by atoms with Crippen LogP contribution in [0.15, 0.2) is 58.4 Å². The van der Waals surface area contributed by atoms with E-state index >= 15 is 0 Å². The second-order valence-electron chi connectivity index (χ2n) is 6.37. The van der Waals surface area contributed by atoms with Gasteiger partial charge in [-0.15, -0.1) is 0 Å². The predicted molar refractivity (Wildman–Crippen MR) is 109 cm³/mol. The summed E-state index contributed by atoms with van der Waals surface area (Å²) < 4.78 is 52.5. The Balaban J connectivity index is 1.80. The zero-order valence-electron chi connectivity index (χ0n) is 16.4. The third kappa shape index (κ3) is 8.06. The van der Waals surface area contributed by atoms with E-state index in [-0.39, 0.29) is 0 Å². The average molecular weight is 426 g/mol. The SMILES string of the molecule is CN=C(NCCc1ccc(S(C)(=O)=O)cc1)NCc1cccc(OCC(F)F)c1. The summed E-state index contributed by atoms with van der Waals surface area (Å²) in [6.45, 7) is 0.426. The maximum atomic E-state index is 12.2. The number of ether oxygens (including phenoxy) is 1. The molecule has 0 heterocycles. The van der Waals surface area contributed by atoms with Gasteiger partial charge in [0, 0.05) is 26.4 Å². The van der Waals surface area contributed by atoms with Crippen LogP contribution >= 0.6 is 0 Å². The second-order valence-corrected chi connectivity index (χ2v) is 8.38. The van der Waals surface area contributed by atoms with Gasteiger partial charge in [0.15, 0.2) is 15.8 Å². The van der Waals surface area contributed by atoms with Crippen molar-refractivity contribution in [2.45, 2.75) is 24.3 Å². The summed E-state index contributed by atoms with van der Waals surface area (Å²) in [5.74, 6) is 0.988. The van der Waals surface area contributed by atoms with Crippen molar-refractivity contribution in [2.75, 3.05) is 26.5 Å². The number of alkyl halides is 2. The van der Waals surface area contributed by atoms with Crippen molar-refractivity contribution in [3.05, 3.63) is 59.7 Å². The smallest absolute Gasteiger partial charge is 0.272 e. The van der Waals surface area contributed by atoms with Crippen molar-refractivity contribution in [3.63, 3.8) is 0 Å². The van der Waals surface area contributed by atoms with Crippen molar-refractivity contribution >= 4 is 15.8 Å². The lowest BCUT2D eigenvalue weighted by Crippen LogP contribution is -2.37. The van der Waals surface area contributed by atoms with Gasteiger partial charge in [0.25, 0.3) is 6.43 Å². The van der Waals surface area contributed by atoms with Crippen LogP contribution in [-0.2, 0) is 22.8 Å². The highest BCUT2D eigenvalue weighted by Gasteiger charge is 2.07. The molecule has 2 rings (SSSR count). The highest BCUT2D eigenvalue weighted by Crippen LogP contribution is 2.14. The molecule has 29 heavy (non-hydrogen) atoms. The fraction of sp³-hybridized carbons (Fsp3) is 0.350. The Labute approximate surface area is 169 Å². The van der Waals surface area contributed by atoms with Crippen molar-refractivity contribution in [2.24, 2.45) is 4.99 Å². The first-order valence-corrected chi connectivity index (χ1v) is 10.9. The molecule has 0 atom stereocenters. The number of hydrogen-bond donors (Lipinski definition) is 2. The Hall–Kier alpha value is -2.68. The first-order valence-electron chi connectivity index (χ1n) is 9.01. The summed E-state index contributed by atoms with van der Waals surface area (Å²) in [4.78, 5) is 4.44. The molecule has 0 amide bonds. The molecule has 0 radical (unpaired) electrons. The summed E-state index contributed by atoms with van der Waals surface area (Å²) in [7, 11) is -1.54. The molecule has 0 aliphatic carbocycles. The molecule has 0 saturated heterocycles. The van der Waals surface area contributed by atoms with Gasteiger partial charge in [-0.1, -0.05) is 24.3 Å². The third-order valence-electron chi connectivity index (χ3n) is 4.02. The molecule has 0 aromatic heterocycles. The Kier molecular flexibility index (Phi) is 8.38. The molecule has 6 nitrogen and oxygen atoms in total. The fourth-order valence-corrected chi connectivity index (χ4v) is 3.17. The molecule has 0 saturated carbocycles. The number of nitrogens with one attached hydrogen (secondary N) is 2. The number of sulfone groups is 1. The lowest BCUT2D eigenvalue weighted by atomic mass is 10.1. The molecule has 0 aliphatic heterocycles. The van der Waals surface area contributed by atoms with Gasteiger partial charge >= 0.3 is 0 Å². The van der Waals surface area contributed by atoms with Crippen LogP contribution in [-0.4, -0.2) is 47.3 Å². The maximum absolute atomic E-state index is 12.2. The van der Waals surface area contributed by atoms with Crippen molar-refractivity contribution in [1.29, 1.82) is 0 Å². The van der Waals surface area contributed by atoms with Crippen LogP contribution < -0.4 is 15.4 Å². The van der Waals surface area contributed by atoms with E-state index in [1.807, 2.05) is 6.07 Å². The molecule has 0 aliphatic rings. The van der Waals surface area contributed by atoms with Gasteiger partial charge in [-0.05, 0) is 41.8 Å². The van der Waals surface area contributed by atoms with Crippen LogP contribution in [0.25, 0.3) is 0 Å². The molecular weight excluding hydrogens is 400 g/mol. The normalized spacial score (nSPS) is 12.1. The Morgan fingerprint density at radius 3 is 2.45 bits per heavy atom. The molecule has 2 aromatic carbocycles. The van der Waals surface area contributed by atoms with E-state index in [4.69, 9.17) is 4.74 Å². The van der Waals surface area contributed by atoms with Crippen molar-refractivity contribution in [3.8, 4) is 5.75 Å². The molecular formula is C20H25F2N3O3S. The van der Waals surface area contributed by atoms with Crippen LogP contribution in [0.1, 0.15) is 11.1 Å². The Morgan fingerprint density at radius 1 is 1.10 bits per heavy atom. The van der Waals surface area contributed by atoms with Gasteiger partial charge in [-0.25, -0.2) is 17.2 Å². The average Bonchev–Trinajstić information content (AvgIpc) is 2.69. The van der Waals surface area contributed by atoms with E-state index in [0.717, 1.165) is 11.1 Å². The number of rotatable bonds is 9. The van der Waals surface area contributed by atoms with E-state index in [9.17, 15) is 17.2 Å². The monoisotopic (exact) mass is 425 g/mol. The maximum Gasteiger partial charge on any atom is 0.272 e. The van der Waals surface area contributed by atoms with Crippen LogP contribution in [0.3, 0.4) is 0 Å². The van der Waals surface area contributed by atoms with Crippen molar-refractivity contribution < 1.29 is 21.9 Å². The van der Waals surface area contributed by atoms with Gasteiger partial charge in [0.2, 0.25) is 0 Å². The van der Waals surface area contributed by atoms with Crippen LogP contribution in [0.5, 0.6) is 5.75 Å². The highest BCUT2D eigenvalue weighted by atomic mass is 32.2. The minimum absolute atomic E-state index is 0.298. The largest absolute Gasteiger partial charge is 0.488 e. The summed E-state index contributed by atoms with van der Waals surface area (Å²) in [6, 6.07) is 13.7. The summed E-state index contributed by atoms with van der Waals surface area (Å²) in [5, 5.41) is 6.33. The lowest BCUT2D eigenvalue weighted by molar-refractivity contribution is 0.0818. The molecule has 0 fully saturated rings. The topological polar surface area (TPSA) is 79.8 Å². The highest BCUT2D eigenvalue weighted by molar-refractivity contribution is 7.90. The van der Waals surface area contributed by atoms with Crippen LogP contribution in [0, 0.1) is 0 Å². The third-order valence-corrected chi connectivity index (χ3v) is 5.14. The number of guanidine groups is 1. The first-order chi connectivity index (χ1) is 13.8. The molecule has 0 unspecified atom stereocenters. The molecule has 0 spiro atoms. The first kappa shape index (κ1) is 22.6. The zero-order valence-corrected chi connectivity index (χ0v) is 17.2. The Morgan fingerprint density at radius 2 is 1.83 bits per heavy atom. The standard InChI is InChI=1S/C20H25F2N3O3S/c1-23-20(24-11-10-15-6-8-18(9-7-15)29(2,26)27)25-13-16-4-3-5-17(12-16)28-14-19(21)22/h3-9,12,19H,10-11,13-14H2,1-2H3,(H2,23,24,25). The zero-order chi connectivity index (χ0) is 21.3. The van der Waals surface area contributed by atoms with E-state index in [2.05, 4.69) is 15.6 Å². The molecule has 2 aromatic rings. The Bertz CT molecular complexity index is 917. The molecule has 2 N–H and O–H groups in total. The van der Waals surface area contributed by atoms with Crippen LogP contribution in [0.2, 0.25) is 0 Å². The van der Waals surface area contributed by atoms with E-state index in [0.29, 0.717) is 36.1 Å². The fourth-order valence-electron chi connectivity index (χ4n) is 2.54. The van der Waals surface area contributed by atoms with Crippen LogP contribution in [0.4, 0.5) is 8.78 Å². The van der Waals surface area contributed by atoms with Gasteiger partial charge in [0.05, 0.1) is 4.90 Å². The lowest BCUT2D eigenvalue weighted by Gasteiger charge is -2.13. The molecule has 158 valence electrons. The predicted octanol–water partition coefficient (Wildman–Crippen LogP) is 2.64. The number of halogens is 2. The molecule has 9 heteroatoms. The van der Waals surface area contributed by atoms with E-state index in [1.54, 1.807) is 49.5 Å². The van der Waals surface area contributed by atoms with Gasteiger partial charge in [-0.3, -0.25) is 4.99 Å². The number of benzene rings is 2. The molecule has 0 bridgehead atoms. The van der Waals surface area contributed by atoms with E-state index in [1.165, 1.54) is 6.26 Å². The summed E-state index contributed by atoms with van der Waals surface area (Å²) in [5.41, 5.74) is 1.88. The summed E-state index contributed by atoms with van der Waals surface area (Å²) in [6.07, 6.45) is -0.635.